The maximum Gasteiger partial charge on any atom is 0.232 e. The van der Waals surface area contributed by atoms with Gasteiger partial charge in [0, 0.05) is 29.2 Å². The van der Waals surface area contributed by atoms with Gasteiger partial charge in [-0.1, -0.05) is 60.9 Å². The van der Waals surface area contributed by atoms with Crippen molar-refractivity contribution in [3.63, 3.8) is 0 Å². The molecule has 4 rings (SSSR count). The Morgan fingerprint density at radius 2 is 1.96 bits per heavy atom. The van der Waals surface area contributed by atoms with Crippen LogP contribution >= 0.6 is 11.6 Å². The molecule has 0 radical (unpaired) electrons. The second-order valence-electron chi connectivity index (χ2n) is 7.12. The number of aromatic nitrogens is 2. The van der Waals surface area contributed by atoms with Crippen LogP contribution in [0.15, 0.2) is 53.1 Å². The van der Waals surface area contributed by atoms with Crippen molar-refractivity contribution in [1.82, 2.24) is 10.1 Å². The number of halogens is 1. The molecule has 6 heteroatoms. The molecule has 5 nitrogen and oxygen atoms in total. The molecule has 1 atom stereocenters. The van der Waals surface area contributed by atoms with Crippen LogP contribution in [0.3, 0.4) is 0 Å². The molecule has 0 bridgehead atoms. The highest BCUT2D eigenvalue weighted by Crippen LogP contribution is 2.33. The van der Waals surface area contributed by atoms with Gasteiger partial charge in [0.2, 0.25) is 17.6 Å². The van der Waals surface area contributed by atoms with Crippen LogP contribution in [-0.2, 0) is 4.79 Å². The van der Waals surface area contributed by atoms with Crippen molar-refractivity contribution < 1.29 is 9.32 Å². The summed E-state index contributed by atoms with van der Waals surface area (Å²) in [6, 6.07) is 15.5. The second-order valence-corrected chi connectivity index (χ2v) is 7.55. The average Bonchev–Trinajstić information content (AvgIpc) is 3.28. The Bertz CT molecular complexity index is 966. The Hall–Kier alpha value is -2.66. The van der Waals surface area contributed by atoms with Gasteiger partial charge in [-0.2, -0.15) is 4.98 Å². The van der Waals surface area contributed by atoms with Gasteiger partial charge in [-0.05, 0) is 29.7 Å². The maximum absolute atomic E-state index is 12.4. The van der Waals surface area contributed by atoms with E-state index in [-0.39, 0.29) is 11.8 Å². The topological polar surface area (TPSA) is 59.2 Å². The van der Waals surface area contributed by atoms with Gasteiger partial charge in [0.25, 0.3) is 0 Å². The summed E-state index contributed by atoms with van der Waals surface area (Å²) in [5.74, 6) is 1.43. The second kappa shape index (κ2) is 7.16. The molecule has 0 N–H and O–H groups in total. The molecule has 1 saturated heterocycles. The first kappa shape index (κ1) is 17.7. The number of hydrogen-bond donors (Lipinski definition) is 0. The smallest absolute Gasteiger partial charge is 0.232 e. The summed E-state index contributed by atoms with van der Waals surface area (Å²) in [6.45, 7) is 4.82. The van der Waals surface area contributed by atoms with Crippen molar-refractivity contribution in [2.75, 3.05) is 11.4 Å². The fraction of sp³-hybridized carbons (Fsp3) is 0.286. The molecule has 2 aromatic carbocycles. The largest absolute Gasteiger partial charge is 0.339 e. The summed E-state index contributed by atoms with van der Waals surface area (Å²) in [7, 11) is 0. The zero-order chi connectivity index (χ0) is 19.0. The van der Waals surface area contributed by atoms with E-state index in [9.17, 15) is 4.79 Å². The molecule has 0 aliphatic carbocycles. The number of carbonyl (C=O) groups excluding carboxylic acids is 1. The normalized spacial score (nSPS) is 17.1. The maximum atomic E-state index is 12.4. The van der Waals surface area contributed by atoms with Gasteiger partial charge >= 0.3 is 0 Å². The molecule has 3 aromatic rings. The summed E-state index contributed by atoms with van der Waals surface area (Å²) >= 11 is 6.05. The molecule has 1 fully saturated rings. The lowest BCUT2D eigenvalue weighted by Crippen LogP contribution is -2.24. The van der Waals surface area contributed by atoms with E-state index in [1.54, 1.807) is 17.0 Å². The van der Waals surface area contributed by atoms with E-state index in [0.717, 1.165) is 11.3 Å². The molecule has 1 unspecified atom stereocenters. The molecule has 1 aromatic heterocycles. The molecule has 2 heterocycles. The molecular formula is C21H20ClN3O2. The highest BCUT2D eigenvalue weighted by molar-refractivity contribution is 6.30. The van der Waals surface area contributed by atoms with E-state index in [1.807, 2.05) is 24.3 Å². The zero-order valence-corrected chi connectivity index (χ0v) is 16.0. The van der Waals surface area contributed by atoms with Gasteiger partial charge in [-0.3, -0.25) is 4.79 Å². The fourth-order valence-electron chi connectivity index (χ4n) is 3.30. The monoisotopic (exact) mass is 381 g/mol. The van der Waals surface area contributed by atoms with E-state index in [0.29, 0.717) is 35.6 Å². The number of rotatable bonds is 4. The van der Waals surface area contributed by atoms with Crippen LogP contribution in [0.5, 0.6) is 0 Å². The molecule has 1 amide bonds. The van der Waals surface area contributed by atoms with Crippen molar-refractivity contribution in [3.05, 3.63) is 65.0 Å². The van der Waals surface area contributed by atoms with Gasteiger partial charge in [0.05, 0.1) is 5.92 Å². The van der Waals surface area contributed by atoms with Crippen LogP contribution in [0, 0.1) is 0 Å². The average molecular weight is 382 g/mol. The van der Waals surface area contributed by atoms with Crippen LogP contribution in [0.25, 0.3) is 11.4 Å². The Labute approximate surface area is 163 Å². The highest BCUT2D eigenvalue weighted by Gasteiger charge is 2.35. The molecule has 27 heavy (non-hydrogen) atoms. The molecular weight excluding hydrogens is 362 g/mol. The number of carbonyl (C=O) groups is 1. The van der Waals surface area contributed by atoms with Crippen LogP contribution in [0.1, 0.15) is 43.6 Å². The van der Waals surface area contributed by atoms with E-state index in [1.165, 1.54) is 5.56 Å². The van der Waals surface area contributed by atoms with Gasteiger partial charge < -0.3 is 9.42 Å². The number of hydrogen-bond acceptors (Lipinski definition) is 4. The summed E-state index contributed by atoms with van der Waals surface area (Å²) in [4.78, 5) is 18.7. The van der Waals surface area contributed by atoms with Crippen LogP contribution in [0.4, 0.5) is 5.69 Å². The van der Waals surface area contributed by atoms with Gasteiger partial charge in [0.15, 0.2) is 0 Å². The standard InChI is InChI=1S/C21H20ClN3O2/c1-13(2)14-6-8-15(9-7-14)20-23-21(27-24-20)16-10-19(26)25(12-16)18-5-3-4-17(22)11-18/h3-9,11,13,16H,10,12H2,1-2H3. The van der Waals surface area contributed by atoms with Crippen LogP contribution in [-0.4, -0.2) is 22.6 Å². The van der Waals surface area contributed by atoms with Gasteiger partial charge in [-0.15, -0.1) is 0 Å². The number of anilines is 1. The lowest BCUT2D eigenvalue weighted by Gasteiger charge is -2.16. The third-order valence-corrected chi connectivity index (χ3v) is 5.11. The van der Waals surface area contributed by atoms with Crippen molar-refractivity contribution >= 4 is 23.2 Å². The van der Waals surface area contributed by atoms with Crippen molar-refractivity contribution in [2.45, 2.75) is 32.1 Å². The third kappa shape index (κ3) is 3.60. The van der Waals surface area contributed by atoms with E-state index < -0.39 is 0 Å². The van der Waals surface area contributed by atoms with Crippen LogP contribution < -0.4 is 4.90 Å². The first-order chi connectivity index (χ1) is 13.0. The van der Waals surface area contributed by atoms with Crippen LogP contribution in [0.2, 0.25) is 5.02 Å². The quantitative estimate of drug-likeness (QED) is 0.635. The number of nitrogens with zero attached hydrogens (tertiary/aromatic N) is 3. The third-order valence-electron chi connectivity index (χ3n) is 4.87. The predicted molar refractivity (Wildman–Crippen MR) is 105 cm³/mol. The van der Waals surface area contributed by atoms with E-state index >= 15 is 0 Å². The Morgan fingerprint density at radius 1 is 1.19 bits per heavy atom. The molecule has 138 valence electrons. The summed E-state index contributed by atoms with van der Waals surface area (Å²) in [5, 5.41) is 4.71. The summed E-state index contributed by atoms with van der Waals surface area (Å²) < 4.78 is 5.47. The minimum Gasteiger partial charge on any atom is -0.339 e. The number of benzene rings is 2. The first-order valence-electron chi connectivity index (χ1n) is 9.01. The minimum atomic E-state index is -0.118. The predicted octanol–water partition coefficient (Wildman–Crippen LogP) is 5.03. The van der Waals surface area contributed by atoms with Crippen molar-refractivity contribution in [1.29, 1.82) is 0 Å². The lowest BCUT2D eigenvalue weighted by molar-refractivity contribution is -0.117. The fourth-order valence-corrected chi connectivity index (χ4v) is 3.49. The Kier molecular flexibility index (Phi) is 4.70. The first-order valence-corrected chi connectivity index (χ1v) is 9.39. The van der Waals surface area contributed by atoms with E-state index in [4.69, 9.17) is 16.1 Å². The number of amides is 1. The molecule has 0 saturated carbocycles. The van der Waals surface area contributed by atoms with Crippen molar-refractivity contribution in [2.24, 2.45) is 0 Å². The Balaban J connectivity index is 1.53. The SMILES string of the molecule is CC(C)c1ccc(-c2noc(C3CC(=O)N(c4cccc(Cl)c4)C3)n2)cc1. The van der Waals surface area contributed by atoms with Gasteiger partial charge in [-0.25, -0.2) is 0 Å². The molecule has 1 aliphatic heterocycles. The van der Waals surface area contributed by atoms with Crippen molar-refractivity contribution in [3.8, 4) is 11.4 Å². The lowest BCUT2D eigenvalue weighted by atomic mass is 10.0. The highest BCUT2D eigenvalue weighted by atomic mass is 35.5. The molecule has 0 spiro atoms. The zero-order valence-electron chi connectivity index (χ0n) is 15.2. The van der Waals surface area contributed by atoms with Gasteiger partial charge in [0.1, 0.15) is 0 Å². The summed E-state index contributed by atoms with van der Waals surface area (Å²) in [5.41, 5.74) is 2.96. The Morgan fingerprint density at radius 3 is 2.67 bits per heavy atom. The van der Waals surface area contributed by atoms with E-state index in [2.05, 4.69) is 36.1 Å². The molecule has 1 aliphatic rings. The summed E-state index contributed by atoms with van der Waals surface area (Å²) in [6.07, 6.45) is 0.348. The minimum absolute atomic E-state index is 0.0308.